The lowest BCUT2D eigenvalue weighted by Gasteiger charge is -2.09. The van der Waals surface area contributed by atoms with Crippen LogP contribution in [0.1, 0.15) is 5.56 Å². The minimum Gasteiger partial charge on any atom is -0.258 e. The van der Waals surface area contributed by atoms with Crippen LogP contribution in [0.25, 0.3) is 0 Å². The maximum atomic E-state index is 13.0. The Kier molecular flexibility index (Phi) is 3.41. The average molecular weight is 255 g/mol. The van der Waals surface area contributed by atoms with E-state index < -0.39 is 38.6 Å². The normalized spacial score (nSPS) is 11.6. The summed E-state index contributed by atoms with van der Waals surface area (Å²) < 4.78 is 49.4. The van der Waals surface area contributed by atoms with Crippen LogP contribution in [0.3, 0.4) is 0 Å². The largest absolute Gasteiger partial charge is 0.446 e. The zero-order valence-corrected chi connectivity index (χ0v) is 8.66. The summed E-state index contributed by atoms with van der Waals surface area (Å²) in [7, 11) is 0. The smallest absolute Gasteiger partial charge is 0.258 e. The van der Waals surface area contributed by atoms with Crippen molar-refractivity contribution < 1.29 is 22.5 Å². The molecule has 0 spiro atoms. The molecule has 0 unspecified atom stereocenters. The summed E-state index contributed by atoms with van der Waals surface area (Å²) in [4.78, 5) is 8.60. The van der Waals surface area contributed by atoms with Gasteiger partial charge in [-0.15, -0.1) is 0 Å². The number of thioether (sulfide) groups is 1. The molecule has 0 atom stereocenters. The Labute approximate surface area is 91.6 Å². The molecule has 1 rings (SSSR count). The minimum atomic E-state index is -4.69. The fourth-order valence-corrected chi connectivity index (χ4v) is 1.79. The Morgan fingerprint density at radius 2 is 1.94 bits per heavy atom. The highest BCUT2D eigenvalue weighted by molar-refractivity contribution is 8.00. The molecule has 0 N–H and O–H groups in total. The molecule has 8 heteroatoms. The van der Waals surface area contributed by atoms with Crippen LogP contribution in [0.5, 0.6) is 0 Å². The van der Waals surface area contributed by atoms with Crippen molar-refractivity contribution in [3.8, 4) is 0 Å². The van der Waals surface area contributed by atoms with Gasteiger partial charge in [-0.2, -0.15) is 17.6 Å². The molecule has 88 valence electrons. The second kappa shape index (κ2) is 4.28. The van der Waals surface area contributed by atoms with Crippen LogP contribution in [0.4, 0.5) is 23.2 Å². The molecule has 16 heavy (non-hydrogen) atoms. The van der Waals surface area contributed by atoms with Crippen LogP contribution in [-0.4, -0.2) is 10.4 Å². The lowest BCUT2D eigenvalue weighted by atomic mass is 10.2. The van der Waals surface area contributed by atoms with Crippen molar-refractivity contribution in [2.24, 2.45) is 0 Å². The van der Waals surface area contributed by atoms with E-state index in [2.05, 4.69) is 0 Å². The molecule has 0 aliphatic carbocycles. The number of halogens is 4. The molecular formula is C8H5F4NO2S. The van der Waals surface area contributed by atoms with Crippen molar-refractivity contribution in [3.05, 3.63) is 33.6 Å². The van der Waals surface area contributed by atoms with Crippen LogP contribution in [0.15, 0.2) is 17.0 Å². The van der Waals surface area contributed by atoms with Gasteiger partial charge in [-0.25, -0.2) is 0 Å². The van der Waals surface area contributed by atoms with Crippen molar-refractivity contribution in [1.29, 1.82) is 0 Å². The molecule has 1 aromatic carbocycles. The first-order valence-corrected chi connectivity index (χ1v) is 4.73. The Hall–Kier alpha value is -1.31. The summed E-state index contributed by atoms with van der Waals surface area (Å²) in [5, 5.41) is 10.5. The zero-order valence-electron chi connectivity index (χ0n) is 7.84. The fourth-order valence-electron chi connectivity index (χ4n) is 1.06. The predicted molar refractivity (Wildman–Crippen MR) is 49.7 cm³/mol. The lowest BCUT2D eigenvalue weighted by molar-refractivity contribution is -0.390. The van der Waals surface area contributed by atoms with Crippen LogP contribution >= 0.6 is 11.8 Å². The van der Waals surface area contributed by atoms with E-state index in [1.54, 1.807) is 0 Å². The molecule has 0 aliphatic heterocycles. The van der Waals surface area contributed by atoms with Crippen molar-refractivity contribution in [1.82, 2.24) is 0 Å². The van der Waals surface area contributed by atoms with Gasteiger partial charge in [0.1, 0.15) is 0 Å². The van der Waals surface area contributed by atoms with Gasteiger partial charge in [0, 0.05) is 0 Å². The molecule has 0 heterocycles. The average Bonchev–Trinajstić information content (AvgIpc) is 2.08. The van der Waals surface area contributed by atoms with E-state index in [1.165, 1.54) is 6.92 Å². The molecule has 1 aromatic rings. The van der Waals surface area contributed by atoms with Gasteiger partial charge in [-0.3, -0.25) is 10.1 Å². The highest BCUT2D eigenvalue weighted by Crippen LogP contribution is 2.43. The summed E-state index contributed by atoms with van der Waals surface area (Å²) in [5.41, 5.74) is -5.82. The van der Waals surface area contributed by atoms with E-state index in [-0.39, 0.29) is 5.56 Å². The molecule has 3 nitrogen and oxygen atoms in total. The van der Waals surface area contributed by atoms with Crippen molar-refractivity contribution >= 4 is 17.4 Å². The molecule has 0 aromatic heterocycles. The maximum absolute atomic E-state index is 13.0. The number of aryl methyl sites for hydroxylation is 1. The summed E-state index contributed by atoms with van der Waals surface area (Å²) in [6.45, 7) is 1.25. The number of hydrogen-bond acceptors (Lipinski definition) is 3. The van der Waals surface area contributed by atoms with Gasteiger partial charge in [-0.1, -0.05) is 6.07 Å². The SMILES string of the molecule is Cc1ccc(F)c([N+](=O)[O-])c1SC(F)(F)F. The quantitative estimate of drug-likeness (QED) is 0.350. The number of rotatable bonds is 2. The monoisotopic (exact) mass is 255 g/mol. The third-order valence-corrected chi connectivity index (χ3v) is 2.63. The van der Waals surface area contributed by atoms with Crippen LogP contribution in [0, 0.1) is 22.9 Å². The lowest BCUT2D eigenvalue weighted by Crippen LogP contribution is -2.04. The van der Waals surface area contributed by atoms with Gasteiger partial charge in [0.2, 0.25) is 5.82 Å². The van der Waals surface area contributed by atoms with Crippen LogP contribution < -0.4 is 0 Å². The summed E-state index contributed by atoms with van der Waals surface area (Å²) in [6.07, 6.45) is 0. The van der Waals surface area contributed by atoms with Gasteiger partial charge < -0.3 is 0 Å². The van der Waals surface area contributed by atoms with Crippen LogP contribution in [0.2, 0.25) is 0 Å². The number of alkyl halides is 3. The van der Waals surface area contributed by atoms with E-state index in [9.17, 15) is 27.7 Å². The van der Waals surface area contributed by atoms with Gasteiger partial charge in [0.25, 0.3) is 0 Å². The number of hydrogen-bond donors (Lipinski definition) is 0. The maximum Gasteiger partial charge on any atom is 0.446 e. The topological polar surface area (TPSA) is 43.1 Å². The standard InChI is InChI=1S/C8H5F4NO2S/c1-4-2-3-5(9)6(13(14)15)7(4)16-8(10,11)12/h2-3H,1H3. The Balaban J connectivity index is 3.35. The zero-order chi connectivity index (χ0) is 12.5. The van der Waals surface area contributed by atoms with Gasteiger partial charge >= 0.3 is 11.2 Å². The highest BCUT2D eigenvalue weighted by atomic mass is 32.2. The first-order chi connectivity index (χ1) is 7.22. The molecule has 0 bridgehead atoms. The van der Waals surface area contributed by atoms with Gasteiger partial charge in [0.15, 0.2) is 0 Å². The van der Waals surface area contributed by atoms with Crippen molar-refractivity contribution in [3.63, 3.8) is 0 Å². The van der Waals surface area contributed by atoms with Crippen molar-refractivity contribution in [2.75, 3.05) is 0 Å². The Morgan fingerprint density at radius 1 is 1.38 bits per heavy atom. The second-order valence-corrected chi connectivity index (χ2v) is 3.92. The molecule has 0 fully saturated rings. The molecule has 0 radical (unpaired) electrons. The van der Waals surface area contributed by atoms with E-state index >= 15 is 0 Å². The Bertz CT molecular complexity index is 433. The molecule has 0 saturated carbocycles. The highest BCUT2D eigenvalue weighted by Gasteiger charge is 2.35. The van der Waals surface area contributed by atoms with E-state index in [4.69, 9.17) is 0 Å². The minimum absolute atomic E-state index is 0.00965. The molecular weight excluding hydrogens is 250 g/mol. The summed E-state index contributed by atoms with van der Waals surface area (Å²) >= 11 is -0.685. The van der Waals surface area contributed by atoms with Gasteiger partial charge in [0.05, 0.1) is 9.82 Å². The first kappa shape index (κ1) is 12.8. The van der Waals surface area contributed by atoms with Gasteiger partial charge in [-0.05, 0) is 30.3 Å². The molecule has 0 amide bonds. The molecule has 0 aliphatic rings. The number of benzene rings is 1. The number of nitro benzene ring substituents is 1. The van der Waals surface area contributed by atoms with Crippen molar-refractivity contribution in [2.45, 2.75) is 17.3 Å². The van der Waals surface area contributed by atoms with E-state index in [0.29, 0.717) is 0 Å². The second-order valence-electron chi connectivity index (χ2n) is 2.85. The predicted octanol–water partition coefficient (Wildman–Crippen LogP) is 3.65. The van der Waals surface area contributed by atoms with E-state index in [1.807, 2.05) is 0 Å². The summed E-state index contributed by atoms with van der Waals surface area (Å²) in [6, 6.07) is 1.84. The first-order valence-electron chi connectivity index (χ1n) is 3.91. The third-order valence-electron chi connectivity index (χ3n) is 1.68. The van der Waals surface area contributed by atoms with Crippen LogP contribution in [-0.2, 0) is 0 Å². The summed E-state index contributed by atoms with van der Waals surface area (Å²) in [5.74, 6) is -1.28. The third kappa shape index (κ3) is 2.84. The fraction of sp³-hybridized carbons (Fsp3) is 0.250. The number of nitrogens with zero attached hydrogens (tertiary/aromatic N) is 1. The van der Waals surface area contributed by atoms with E-state index in [0.717, 1.165) is 12.1 Å². The molecule has 0 saturated heterocycles. The Morgan fingerprint density at radius 3 is 2.38 bits per heavy atom. The number of nitro groups is 1.